The molecular formula is C15H21BrN4. The van der Waals surface area contributed by atoms with E-state index in [1.54, 1.807) is 0 Å². The summed E-state index contributed by atoms with van der Waals surface area (Å²) in [5, 5.41) is 8.02. The molecule has 0 spiro atoms. The van der Waals surface area contributed by atoms with Gasteiger partial charge >= 0.3 is 0 Å². The van der Waals surface area contributed by atoms with Gasteiger partial charge in [-0.15, -0.1) is 0 Å². The van der Waals surface area contributed by atoms with Crippen LogP contribution in [-0.4, -0.2) is 21.3 Å². The van der Waals surface area contributed by atoms with Crippen molar-refractivity contribution in [1.82, 2.24) is 20.1 Å². The summed E-state index contributed by atoms with van der Waals surface area (Å²) >= 11 is 3.64. The zero-order valence-electron chi connectivity index (χ0n) is 12.2. The standard InChI is InChI=1S/C15H21BrN4/c1-4-9-20-15(13(16)10-19-20)14(17-5-2)12-7-6-8-18-11(12)3/h6-8,10,14,17H,4-5,9H2,1-3H3. The van der Waals surface area contributed by atoms with Crippen LogP contribution in [0.15, 0.2) is 29.0 Å². The Kier molecular flexibility index (Phi) is 5.31. The second kappa shape index (κ2) is 6.99. The van der Waals surface area contributed by atoms with E-state index >= 15 is 0 Å². The third-order valence-corrected chi connectivity index (χ3v) is 3.92. The first-order valence-electron chi connectivity index (χ1n) is 7.05. The highest BCUT2D eigenvalue weighted by Gasteiger charge is 2.22. The maximum absolute atomic E-state index is 4.47. The van der Waals surface area contributed by atoms with Crippen LogP contribution in [0.3, 0.4) is 0 Å². The minimum Gasteiger partial charge on any atom is -0.305 e. The quantitative estimate of drug-likeness (QED) is 0.878. The van der Waals surface area contributed by atoms with Crippen LogP contribution in [0.1, 0.15) is 43.3 Å². The smallest absolute Gasteiger partial charge is 0.0777 e. The Morgan fingerprint density at radius 3 is 2.85 bits per heavy atom. The van der Waals surface area contributed by atoms with Gasteiger partial charge in [-0.2, -0.15) is 5.10 Å². The van der Waals surface area contributed by atoms with E-state index in [-0.39, 0.29) is 6.04 Å². The Hall–Kier alpha value is -1.20. The Bertz CT molecular complexity index is 565. The molecular weight excluding hydrogens is 316 g/mol. The van der Waals surface area contributed by atoms with Gasteiger partial charge in [0.1, 0.15) is 0 Å². The fraction of sp³-hybridized carbons (Fsp3) is 0.467. The predicted molar refractivity (Wildman–Crippen MR) is 84.7 cm³/mol. The molecule has 2 aromatic rings. The van der Waals surface area contributed by atoms with E-state index in [0.717, 1.165) is 29.7 Å². The fourth-order valence-electron chi connectivity index (χ4n) is 2.41. The van der Waals surface area contributed by atoms with Crippen LogP contribution in [0.2, 0.25) is 0 Å². The van der Waals surface area contributed by atoms with Gasteiger partial charge < -0.3 is 5.32 Å². The lowest BCUT2D eigenvalue weighted by atomic mass is 10.0. The van der Waals surface area contributed by atoms with Gasteiger partial charge in [-0.25, -0.2) is 0 Å². The summed E-state index contributed by atoms with van der Waals surface area (Å²) in [6.45, 7) is 8.14. The summed E-state index contributed by atoms with van der Waals surface area (Å²) in [7, 11) is 0. The van der Waals surface area contributed by atoms with Crippen molar-refractivity contribution in [3.05, 3.63) is 46.0 Å². The summed E-state index contributed by atoms with van der Waals surface area (Å²) in [5.41, 5.74) is 3.42. The number of rotatable bonds is 6. The number of nitrogens with zero attached hydrogens (tertiary/aromatic N) is 3. The van der Waals surface area contributed by atoms with Crippen molar-refractivity contribution in [1.29, 1.82) is 0 Å². The number of hydrogen-bond donors (Lipinski definition) is 1. The van der Waals surface area contributed by atoms with Crippen LogP contribution in [0.5, 0.6) is 0 Å². The lowest BCUT2D eigenvalue weighted by Gasteiger charge is -2.21. The van der Waals surface area contributed by atoms with E-state index in [2.05, 4.69) is 55.9 Å². The normalized spacial score (nSPS) is 12.6. The molecule has 2 rings (SSSR count). The predicted octanol–water partition coefficient (Wildman–Crippen LogP) is 3.46. The van der Waals surface area contributed by atoms with Gasteiger partial charge in [0.15, 0.2) is 0 Å². The Labute approximate surface area is 128 Å². The summed E-state index contributed by atoms with van der Waals surface area (Å²) in [6, 6.07) is 4.23. The molecule has 0 saturated carbocycles. The molecule has 1 N–H and O–H groups in total. The minimum absolute atomic E-state index is 0.108. The molecule has 4 nitrogen and oxygen atoms in total. The van der Waals surface area contributed by atoms with Gasteiger partial charge in [-0.3, -0.25) is 9.67 Å². The van der Waals surface area contributed by atoms with Gasteiger partial charge in [-0.05, 0) is 47.4 Å². The molecule has 0 radical (unpaired) electrons. The van der Waals surface area contributed by atoms with Crippen molar-refractivity contribution in [3.8, 4) is 0 Å². The molecule has 1 unspecified atom stereocenters. The molecule has 0 amide bonds. The molecule has 0 aliphatic heterocycles. The molecule has 108 valence electrons. The van der Waals surface area contributed by atoms with Crippen molar-refractivity contribution in [3.63, 3.8) is 0 Å². The van der Waals surface area contributed by atoms with Crippen LogP contribution in [0.4, 0.5) is 0 Å². The first-order valence-corrected chi connectivity index (χ1v) is 7.84. The fourth-order valence-corrected chi connectivity index (χ4v) is 2.93. The van der Waals surface area contributed by atoms with E-state index in [9.17, 15) is 0 Å². The van der Waals surface area contributed by atoms with Crippen LogP contribution in [0, 0.1) is 6.92 Å². The number of halogens is 1. The van der Waals surface area contributed by atoms with E-state index in [0.29, 0.717) is 0 Å². The highest BCUT2D eigenvalue weighted by atomic mass is 79.9. The number of hydrogen-bond acceptors (Lipinski definition) is 3. The number of pyridine rings is 1. The second-order valence-corrected chi connectivity index (χ2v) is 5.62. The third kappa shape index (κ3) is 3.10. The number of nitrogens with one attached hydrogen (secondary N) is 1. The van der Waals surface area contributed by atoms with Crippen molar-refractivity contribution in [2.45, 2.75) is 39.8 Å². The zero-order valence-corrected chi connectivity index (χ0v) is 13.8. The van der Waals surface area contributed by atoms with E-state index in [1.165, 1.54) is 11.3 Å². The summed E-state index contributed by atoms with van der Waals surface area (Å²) in [4.78, 5) is 4.41. The van der Waals surface area contributed by atoms with Gasteiger partial charge in [0.05, 0.1) is 22.4 Å². The first-order chi connectivity index (χ1) is 9.69. The lowest BCUT2D eigenvalue weighted by Crippen LogP contribution is -2.26. The maximum atomic E-state index is 4.47. The summed E-state index contributed by atoms with van der Waals surface area (Å²) in [6.07, 6.45) is 4.77. The summed E-state index contributed by atoms with van der Waals surface area (Å²) in [5.74, 6) is 0. The average Bonchev–Trinajstić information content (AvgIpc) is 2.79. The van der Waals surface area contributed by atoms with Gasteiger partial charge in [0.2, 0.25) is 0 Å². The SMILES string of the molecule is CCCn1ncc(Br)c1C(NCC)c1cccnc1C. The highest BCUT2D eigenvalue weighted by Crippen LogP contribution is 2.29. The molecule has 0 aromatic carbocycles. The zero-order chi connectivity index (χ0) is 14.5. The van der Waals surface area contributed by atoms with Crippen LogP contribution in [-0.2, 0) is 6.54 Å². The molecule has 2 aromatic heterocycles. The van der Waals surface area contributed by atoms with Crippen molar-refractivity contribution in [2.75, 3.05) is 6.54 Å². The third-order valence-electron chi connectivity index (χ3n) is 3.31. The van der Waals surface area contributed by atoms with E-state index in [4.69, 9.17) is 0 Å². The highest BCUT2D eigenvalue weighted by molar-refractivity contribution is 9.10. The minimum atomic E-state index is 0.108. The molecule has 0 aliphatic rings. The van der Waals surface area contributed by atoms with E-state index in [1.807, 2.05) is 25.4 Å². The summed E-state index contributed by atoms with van der Waals surface area (Å²) < 4.78 is 3.12. The first kappa shape index (κ1) is 15.2. The molecule has 1 atom stereocenters. The molecule has 0 fully saturated rings. The Balaban J connectivity index is 2.49. The van der Waals surface area contributed by atoms with Crippen molar-refractivity contribution < 1.29 is 0 Å². The second-order valence-electron chi connectivity index (χ2n) is 4.77. The molecule has 0 bridgehead atoms. The molecule has 0 aliphatic carbocycles. The number of aryl methyl sites for hydroxylation is 2. The molecule has 5 heteroatoms. The molecule has 0 saturated heterocycles. The molecule has 20 heavy (non-hydrogen) atoms. The molecule has 2 heterocycles. The van der Waals surface area contributed by atoms with E-state index < -0.39 is 0 Å². The average molecular weight is 337 g/mol. The Morgan fingerprint density at radius 1 is 1.40 bits per heavy atom. The van der Waals surface area contributed by atoms with Crippen LogP contribution in [0.25, 0.3) is 0 Å². The maximum Gasteiger partial charge on any atom is 0.0777 e. The number of aromatic nitrogens is 3. The Morgan fingerprint density at radius 2 is 2.20 bits per heavy atom. The lowest BCUT2D eigenvalue weighted by molar-refractivity contribution is 0.517. The van der Waals surface area contributed by atoms with Crippen LogP contribution >= 0.6 is 15.9 Å². The van der Waals surface area contributed by atoms with Crippen molar-refractivity contribution >= 4 is 15.9 Å². The van der Waals surface area contributed by atoms with Gasteiger partial charge in [0, 0.05) is 18.4 Å². The monoisotopic (exact) mass is 336 g/mol. The topological polar surface area (TPSA) is 42.7 Å². The van der Waals surface area contributed by atoms with Gasteiger partial charge in [0.25, 0.3) is 0 Å². The van der Waals surface area contributed by atoms with Crippen LogP contribution < -0.4 is 5.32 Å². The van der Waals surface area contributed by atoms with Gasteiger partial charge in [-0.1, -0.05) is 19.9 Å². The largest absolute Gasteiger partial charge is 0.305 e. The van der Waals surface area contributed by atoms with Crippen molar-refractivity contribution in [2.24, 2.45) is 0 Å².